The maximum absolute atomic E-state index is 5.58. The first-order valence-electron chi connectivity index (χ1n) is 5.14. The molecule has 0 radical (unpaired) electrons. The molecule has 1 rings (SSSR count). The molecule has 0 aromatic carbocycles. The van der Waals surface area contributed by atoms with Crippen molar-refractivity contribution in [1.82, 2.24) is 4.98 Å². The fourth-order valence-corrected chi connectivity index (χ4v) is 1.12. The van der Waals surface area contributed by atoms with Gasteiger partial charge in [-0.15, -0.1) is 6.58 Å². The summed E-state index contributed by atoms with van der Waals surface area (Å²) in [5.41, 5.74) is 0.901. The normalized spacial score (nSPS) is 12.3. The van der Waals surface area contributed by atoms with Crippen molar-refractivity contribution in [3.05, 3.63) is 31.0 Å². The van der Waals surface area contributed by atoms with Crippen molar-refractivity contribution in [1.29, 1.82) is 0 Å². The monoisotopic (exact) mass is 206 g/mol. The van der Waals surface area contributed by atoms with E-state index in [0.29, 0.717) is 5.88 Å². The van der Waals surface area contributed by atoms with Gasteiger partial charge < -0.3 is 10.1 Å². The highest BCUT2D eigenvalue weighted by molar-refractivity contribution is 5.53. The first-order valence-corrected chi connectivity index (χ1v) is 5.14. The summed E-state index contributed by atoms with van der Waals surface area (Å²) in [6.07, 6.45) is 3.69. The SMILES string of the molecule is C=CC(C)Nc1cccnc1OC(C)C. The molecule has 82 valence electrons. The molecule has 3 nitrogen and oxygen atoms in total. The van der Waals surface area contributed by atoms with Crippen LogP contribution in [0.5, 0.6) is 5.88 Å². The average molecular weight is 206 g/mol. The van der Waals surface area contributed by atoms with E-state index in [1.54, 1.807) is 6.20 Å². The van der Waals surface area contributed by atoms with Crippen LogP contribution in [-0.4, -0.2) is 17.1 Å². The molecule has 1 aromatic heterocycles. The molecule has 15 heavy (non-hydrogen) atoms. The van der Waals surface area contributed by atoms with Crippen molar-refractivity contribution in [2.24, 2.45) is 0 Å². The zero-order chi connectivity index (χ0) is 11.3. The molecule has 1 atom stereocenters. The third-order valence-corrected chi connectivity index (χ3v) is 1.86. The van der Waals surface area contributed by atoms with Gasteiger partial charge in [-0.1, -0.05) is 6.08 Å². The van der Waals surface area contributed by atoms with Gasteiger partial charge in [-0.2, -0.15) is 0 Å². The molecule has 0 bridgehead atoms. The summed E-state index contributed by atoms with van der Waals surface area (Å²) in [5, 5.41) is 3.26. The Morgan fingerprint density at radius 3 is 2.80 bits per heavy atom. The number of nitrogens with one attached hydrogen (secondary N) is 1. The van der Waals surface area contributed by atoms with Gasteiger partial charge in [-0.05, 0) is 32.9 Å². The van der Waals surface area contributed by atoms with Gasteiger partial charge in [0.05, 0.1) is 11.8 Å². The third kappa shape index (κ3) is 3.62. The topological polar surface area (TPSA) is 34.2 Å². The number of pyridine rings is 1. The van der Waals surface area contributed by atoms with Crippen LogP contribution in [0.3, 0.4) is 0 Å². The van der Waals surface area contributed by atoms with Gasteiger partial charge in [0.15, 0.2) is 0 Å². The summed E-state index contributed by atoms with van der Waals surface area (Å²) < 4.78 is 5.58. The fourth-order valence-electron chi connectivity index (χ4n) is 1.12. The second-order valence-electron chi connectivity index (χ2n) is 3.69. The first kappa shape index (κ1) is 11.6. The quantitative estimate of drug-likeness (QED) is 0.752. The van der Waals surface area contributed by atoms with Crippen LogP contribution in [0.1, 0.15) is 20.8 Å². The Balaban J connectivity index is 2.81. The molecule has 0 spiro atoms. The maximum Gasteiger partial charge on any atom is 0.237 e. The van der Waals surface area contributed by atoms with Gasteiger partial charge in [0.2, 0.25) is 5.88 Å². The van der Waals surface area contributed by atoms with Crippen LogP contribution >= 0.6 is 0 Å². The summed E-state index contributed by atoms with van der Waals surface area (Å²) in [6.45, 7) is 9.71. The maximum atomic E-state index is 5.58. The summed E-state index contributed by atoms with van der Waals surface area (Å²) in [4.78, 5) is 4.19. The minimum Gasteiger partial charge on any atom is -0.473 e. The van der Waals surface area contributed by atoms with Crippen molar-refractivity contribution in [3.8, 4) is 5.88 Å². The van der Waals surface area contributed by atoms with E-state index < -0.39 is 0 Å². The molecule has 0 aliphatic carbocycles. The van der Waals surface area contributed by atoms with E-state index >= 15 is 0 Å². The number of aromatic nitrogens is 1. The zero-order valence-corrected chi connectivity index (χ0v) is 9.53. The van der Waals surface area contributed by atoms with Crippen LogP contribution < -0.4 is 10.1 Å². The number of hydrogen-bond acceptors (Lipinski definition) is 3. The van der Waals surface area contributed by atoms with E-state index in [-0.39, 0.29) is 12.1 Å². The Bertz CT molecular complexity index is 323. The lowest BCUT2D eigenvalue weighted by atomic mass is 10.3. The first-order chi connectivity index (χ1) is 7.13. The molecule has 1 heterocycles. The Kier molecular flexibility index (Phi) is 4.16. The van der Waals surface area contributed by atoms with Gasteiger partial charge in [0.1, 0.15) is 0 Å². The number of anilines is 1. The molecule has 0 aliphatic rings. The second-order valence-corrected chi connectivity index (χ2v) is 3.69. The Morgan fingerprint density at radius 2 is 2.20 bits per heavy atom. The van der Waals surface area contributed by atoms with Gasteiger partial charge in [0, 0.05) is 12.2 Å². The van der Waals surface area contributed by atoms with Crippen molar-refractivity contribution in [2.45, 2.75) is 32.9 Å². The standard InChI is InChI=1S/C12H18N2O/c1-5-10(4)14-11-7-6-8-13-12(11)15-9(2)3/h5-10,14H,1H2,2-4H3. The molecule has 0 aliphatic heterocycles. The highest BCUT2D eigenvalue weighted by atomic mass is 16.5. The van der Waals surface area contributed by atoms with Gasteiger partial charge >= 0.3 is 0 Å². The molecular formula is C12H18N2O. The molecule has 0 fully saturated rings. The number of hydrogen-bond donors (Lipinski definition) is 1. The molecular weight excluding hydrogens is 188 g/mol. The summed E-state index contributed by atoms with van der Waals surface area (Å²) >= 11 is 0. The number of rotatable bonds is 5. The largest absolute Gasteiger partial charge is 0.473 e. The van der Waals surface area contributed by atoms with E-state index in [0.717, 1.165) is 5.69 Å². The van der Waals surface area contributed by atoms with Crippen LogP contribution in [0.25, 0.3) is 0 Å². The minimum atomic E-state index is 0.125. The Morgan fingerprint density at radius 1 is 1.47 bits per heavy atom. The van der Waals surface area contributed by atoms with Crippen LogP contribution in [0.2, 0.25) is 0 Å². The highest BCUT2D eigenvalue weighted by Crippen LogP contribution is 2.22. The van der Waals surface area contributed by atoms with Crippen LogP contribution in [0.15, 0.2) is 31.0 Å². The van der Waals surface area contributed by atoms with Gasteiger partial charge in [0.25, 0.3) is 0 Å². The van der Waals surface area contributed by atoms with E-state index in [9.17, 15) is 0 Å². The molecule has 1 aromatic rings. The summed E-state index contributed by atoms with van der Waals surface area (Å²) in [5.74, 6) is 0.640. The molecule has 3 heteroatoms. The number of ether oxygens (including phenoxy) is 1. The van der Waals surface area contributed by atoms with Crippen molar-refractivity contribution >= 4 is 5.69 Å². The lowest BCUT2D eigenvalue weighted by molar-refractivity contribution is 0.234. The highest BCUT2D eigenvalue weighted by Gasteiger charge is 2.07. The smallest absolute Gasteiger partial charge is 0.237 e. The molecule has 1 N–H and O–H groups in total. The second kappa shape index (κ2) is 5.39. The van der Waals surface area contributed by atoms with Crippen LogP contribution in [-0.2, 0) is 0 Å². The van der Waals surface area contributed by atoms with Crippen molar-refractivity contribution in [3.63, 3.8) is 0 Å². The molecule has 1 unspecified atom stereocenters. The minimum absolute atomic E-state index is 0.125. The van der Waals surface area contributed by atoms with Crippen molar-refractivity contribution in [2.75, 3.05) is 5.32 Å². The van der Waals surface area contributed by atoms with Crippen molar-refractivity contribution < 1.29 is 4.74 Å². The van der Waals surface area contributed by atoms with E-state index in [2.05, 4.69) is 16.9 Å². The Labute approximate surface area is 91.2 Å². The average Bonchev–Trinajstić information content (AvgIpc) is 2.20. The predicted octanol–water partition coefficient (Wildman–Crippen LogP) is 2.86. The zero-order valence-electron chi connectivity index (χ0n) is 9.53. The van der Waals surface area contributed by atoms with Gasteiger partial charge in [-0.25, -0.2) is 4.98 Å². The van der Waals surface area contributed by atoms with E-state index in [1.165, 1.54) is 0 Å². The summed E-state index contributed by atoms with van der Waals surface area (Å²) in [7, 11) is 0. The number of nitrogens with zero attached hydrogens (tertiary/aromatic N) is 1. The van der Waals surface area contributed by atoms with Gasteiger partial charge in [-0.3, -0.25) is 0 Å². The fraction of sp³-hybridized carbons (Fsp3) is 0.417. The molecule has 0 saturated carbocycles. The van der Waals surface area contributed by atoms with E-state index in [4.69, 9.17) is 4.74 Å². The molecule has 0 amide bonds. The summed E-state index contributed by atoms with van der Waals surface area (Å²) in [6, 6.07) is 4.03. The van der Waals surface area contributed by atoms with Crippen LogP contribution in [0.4, 0.5) is 5.69 Å². The lowest BCUT2D eigenvalue weighted by Gasteiger charge is -2.16. The predicted molar refractivity (Wildman–Crippen MR) is 63.3 cm³/mol. The van der Waals surface area contributed by atoms with Crippen LogP contribution in [0, 0.1) is 0 Å². The Hall–Kier alpha value is -1.51. The van der Waals surface area contributed by atoms with E-state index in [1.807, 2.05) is 39.0 Å². The lowest BCUT2D eigenvalue weighted by Crippen LogP contribution is -2.14. The molecule has 0 saturated heterocycles. The third-order valence-electron chi connectivity index (χ3n) is 1.86.